The summed E-state index contributed by atoms with van der Waals surface area (Å²) in [6.07, 6.45) is -3.36. The van der Waals surface area contributed by atoms with Crippen LogP contribution in [0.25, 0.3) is 0 Å². The first-order chi connectivity index (χ1) is 9.70. The van der Waals surface area contributed by atoms with Crippen molar-refractivity contribution in [1.29, 1.82) is 0 Å². The molecule has 21 heavy (non-hydrogen) atoms. The number of hydrogen-bond donors (Lipinski definition) is 1. The molecule has 1 aromatic carbocycles. The SMILES string of the molecule is CC(C)CC(CN(C)C)NCc1ccccc1C(F)(F)F. The fraction of sp³-hybridized carbons (Fsp3) is 0.625. The van der Waals surface area contributed by atoms with Crippen LogP contribution in [0.5, 0.6) is 0 Å². The minimum atomic E-state index is -4.30. The Morgan fingerprint density at radius 2 is 1.76 bits per heavy atom. The van der Waals surface area contributed by atoms with E-state index in [2.05, 4.69) is 24.1 Å². The highest BCUT2D eigenvalue weighted by Gasteiger charge is 2.32. The van der Waals surface area contributed by atoms with E-state index in [1.54, 1.807) is 6.07 Å². The Kier molecular flexibility index (Phi) is 6.68. The van der Waals surface area contributed by atoms with Crippen LogP contribution in [-0.4, -0.2) is 31.6 Å². The molecule has 2 nitrogen and oxygen atoms in total. The van der Waals surface area contributed by atoms with E-state index in [9.17, 15) is 13.2 Å². The van der Waals surface area contributed by atoms with Gasteiger partial charge in [-0.25, -0.2) is 0 Å². The minimum Gasteiger partial charge on any atom is -0.309 e. The van der Waals surface area contributed by atoms with Crippen molar-refractivity contribution in [3.8, 4) is 0 Å². The number of alkyl halides is 3. The number of nitrogens with one attached hydrogen (secondary N) is 1. The number of rotatable bonds is 7. The summed E-state index contributed by atoms with van der Waals surface area (Å²) in [4.78, 5) is 2.05. The summed E-state index contributed by atoms with van der Waals surface area (Å²) in [5.41, 5.74) is -0.247. The molecule has 0 saturated heterocycles. The molecule has 0 heterocycles. The molecule has 0 radical (unpaired) electrons. The zero-order valence-corrected chi connectivity index (χ0v) is 13.2. The van der Waals surface area contributed by atoms with Gasteiger partial charge in [0.05, 0.1) is 5.56 Å². The highest BCUT2D eigenvalue weighted by atomic mass is 19.4. The molecule has 0 aliphatic heterocycles. The van der Waals surface area contributed by atoms with Crippen molar-refractivity contribution in [3.63, 3.8) is 0 Å². The Morgan fingerprint density at radius 1 is 1.14 bits per heavy atom. The quantitative estimate of drug-likeness (QED) is 0.825. The molecule has 1 aromatic rings. The molecule has 1 unspecified atom stereocenters. The van der Waals surface area contributed by atoms with Gasteiger partial charge in [0.25, 0.3) is 0 Å². The molecule has 0 fully saturated rings. The number of nitrogens with zero attached hydrogens (tertiary/aromatic N) is 1. The van der Waals surface area contributed by atoms with Crippen LogP contribution in [-0.2, 0) is 12.7 Å². The van der Waals surface area contributed by atoms with Crippen molar-refractivity contribution in [2.75, 3.05) is 20.6 Å². The van der Waals surface area contributed by atoms with E-state index >= 15 is 0 Å². The van der Waals surface area contributed by atoms with E-state index in [0.29, 0.717) is 11.5 Å². The molecule has 0 aliphatic rings. The molecule has 0 spiro atoms. The van der Waals surface area contributed by atoms with E-state index in [0.717, 1.165) is 19.0 Å². The average molecular weight is 302 g/mol. The van der Waals surface area contributed by atoms with Gasteiger partial charge in [0.15, 0.2) is 0 Å². The Labute approximate surface area is 125 Å². The summed E-state index contributed by atoms with van der Waals surface area (Å²) in [7, 11) is 3.94. The summed E-state index contributed by atoms with van der Waals surface area (Å²) in [5, 5.41) is 3.27. The van der Waals surface area contributed by atoms with Crippen LogP contribution >= 0.6 is 0 Å². The second-order valence-corrected chi connectivity index (χ2v) is 6.12. The van der Waals surface area contributed by atoms with Gasteiger partial charge in [0, 0.05) is 19.1 Å². The third-order valence-corrected chi connectivity index (χ3v) is 3.25. The first kappa shape index (κ1) is 18.0. The summed E-state index contributed by atoms with van der Waals surface area (Å²) in [6.45, 7) is 5.29. The Bertz CT molecular complexity index is 418. The maximum atomic E-state index is 13.0. The van der Waals surface area contributed by atoms with Gasteiger partial charge in [0.1, 0.15) is 0 Å². The summed E-state index contributed by atoms with van der Waals surface area (Å²) < 4.78 is 38.9. The van der Waals surface area contributed by atoms with Crippen LogP contribution in [0.4, 0.5) is 13.2 Å². The van der Waals surface area contributed by atoms with Crippen molar-refractivity contribution in [3.05, 3.63) is 35.4 Å². The molecule has 120 valence electrons. The summed E-state index contributed by atoms with van der Waals surface area (Å²) >= 11 is 0. The topological polar surface area (TPSA) is 15.3 Å². The first-order valence-corrected chi connectivity index (χ1v) is 7.23. The molecule has 0 aromatic heterocycles. The normalized spacial score (nSPS) is 14.0. The molecular formula is C16H25F3N2. The van der Waals surface area contributed by atoms with Gasteiger partial charge in [0.2, 0.25) is 0 Å². The minimum absolute atomic E-state index is 0.182. The smallest absolute Gasteiger partial charge is 0.309 e. The molecule has 1 rings (SSSR count). The van der Waals surface area contributed by atoms with Crippen molar-refractivity contribution < 1.29 is 13.2 Å². The van der Waals surface area contributed by atoms with Gasteiger partial charge in [-0.2, -0.15) is 13.2 Å². The van der Waals surface area contributed by atoms with Gasteiger partial charge in [-0.15, -0.1) is 0 Å². The van der Waals surface area contributed by atoms with Gasteiger partial charge in [-0.05, 0) is 38.1 Å². The van der Waals surface area contributed by atoms with Crippen molar-refractivity contribution in [2.45, 2.75) is 39.0 Å². The Morgan fingerprint density at radius 3 is 2.29 bits per heavy atom. The molecule has 1 N–H and O–H groups in total. The fourth-order valence-corrected chi connectivity index (χ4v) is 2.44. The Hall–Kier alpha value is -1.07. The molecule has 0 aliphatic carbocycles. The zero-order chi connectivity index (χ0) is 16.0. The molecule has 0 amide bonds. The maximum absolute atomic E-state index is 13.0. The fourth-order valence-electron chi connectivity index (χ4n) is 2.44. The third kappa shape index (κ3) is 6.48. The van der Waals surface area contributed by atoms with Crippen LogP contribution in [0.3, 0.4) is 0 Å². The maximum Gasteiger partial charge on any atom is 0.416 e. The number of likely N-dealkylation sites (N-methyl/N-ethyl adjacent to an activating group) is 1. The molecule has 0 saturated carbocycles. The predicted octanol–water partition coefficient (Wildman–Crippen LogP) is 3.77. The second-order valence-electron chi connectivity index (χ2n) is 6.12. The van der Waals surface area contributed by atoms with Crippen LogP contribution in [0.15, 0.2) is 24.3 Å². The molecular weight excluding hydrogens is 277 g/mol. The van der Waals surface area contributed by atoms with Crippen LogP contribution < -0.4 is 5.32 Å². The second kappa shape index (κ2) is 7.80. The largest absolute Gasteiger partial charge is 0.416 e. The van der Waals surface area contributed by atoms with Crippen molar-refractivity contribution in [2.24, 2.45) is 5.92 Å². The highest BCUT2D eigenvalue weighted by Crippen LogP contribution is 2.31. The summed E-state index contributed by atoms with van der Waals surface area (Å²) in [5.74, 6) is 0.500. The van der Waals surface area contributed by atoms with E-state index < -0.39 is 11.7 Å². The lowest BCUT2D eigenvalue weighted by Crippen LogP contribution is -2.39. The van der Waals surface area contributed by atoms with Crippen LogP contribution in [0.1, 0.15) is 31.4 Å². The van der Waals surface area contributed by atoms with Crippen molar-refractivity contribution in [1.82, 2.24) is 10.2 Å². The van der Waals surface area contributed by atoms with E-state index in [1.807, 2.05) is 14.1 Å². The molecule has 0 bridgehead atoms. The predicted molar refractivity (Wildman–Crippen MR) is 80.1 cm³/mol. The van der Waals surface area contributed by atoms with E-state index in [4.69, 9.17) is 0 Å². The lowest BCUT2D eigenvalue weighted by molar-refractivity contribution is -0.138. The van der Waals surface area contributed by atoms with Crippen molar-refractivity contribution >= 4 is 0 Å². The monoisotopic (exact) mass is 302 g/mol. The van der Waals surface area contributed by atoms with E-state index in [-0.39, 0.29) is 12.6 Å². The molecule has 1 atom stereocenters. The van der Waals surface area contributed by atoms with Gasteiger partial charge in [-0.3, -0.25) is 0 Å². The standard InChI is InChI=1S/C16H25F3N2/c1-12(2)9-14(11-21(3)4)20-10-13-7-5-6-8-15(13)16(17,18)19/h5-8,12,14,20H,9-11H2,1-4H3. The Balaban J connectivity index is 2.76. The van der Waals surface area contributed by atoms with Crippen LogP contribution in [0.2, 0.25) is 0 Å². The highest BCUT2D eigenvalue weighted by molar-refractivity contribution is 5.29. The third-order valence-electron chi connectivity index (χ3n) is 3.25. The molecule has 5 heteroatoms. The average Bonchev–Trinajstić information content (AvgIpc) is 2.34. The van der Waals surface area contributed by atoms with Crippen LogP contribution in [0, 0.1) is 5.92 Å². The van der Waals surface area contributed by atoms with Gasteiger partial charge >= 0.3 is 6.18 Å². The lowest BCUT2D eigenvalue weighted by atomic mass is 10.0. The number of benzene rings is 1. The number of halogens is 3. The summed E-state index contributed by atoms with van der Waals surface area (Å²) in [6, 6.07) is 5.94. The first-order valence-electron chi connectivity index (χ1n) is 7.23. The van der Waals surface area contributed by atoms with E-state index in [1.165, 1.54) is 12.1 Å². The number of hydrogen-bond acceptors (Lipinski definition) is 2. The lowest BCUT2D eigenvalue weighted by Gasteiger charge is -2.25. The van der Waals surface area contributed by atoms with Gasteiger partial charge in [-0.1, -0.05) is 32.0 Å². The van der Waals surface area contributed by atoms with Gasteiger partial charge < -0.3 is 10.2 Å². The zero-order valence-electron chi connectivity index (χ0n) is 13.2.